The first-order valence-electron chi connectivity index (χ1n) is 13.4. The minimum Gasteiger partial charge on any atom is -0.371 e. The number of piperidine rings is 1. The number of likely N-dealkylation sites (N-methyl/N-ethyl adjacent to an activating group) is 1. The third-order valence-corrected chi connectivity index (χ3v) is 7.46. The van der Waals surface area contributed by atoms with Crippen molar-refractivity contribution in [3.05, 3.63) is 35.9 Å². The Hall–Kier alpha value is -2.41. The Bertz CT molecular complexity index is 844. The summed E-state index contributed by atoms with van der Waals surface area (Å²) in [6.45, 7) is 4.05. The van der Waals surface area contributed by atoms with E-state index >= 15 is 0 Å². The van der Waals surface area contributed by atoms with Gasteiger partial charge in [0.1, 0.15) is 12.3 Å². The second-order valence-electron chi connectivity index (χ2n) is 10.8. The summed E-state index contributed by atoms with van der Waals surface area (Å²) in [5, 5.41) is 16.7. The molecule has 2 saturated heterocycles. The Labute approximate surface area is 210 Å². The maximum atomic E-state index is 13.4. The van der Waals surface area contributed by atoms with Crippen LogP contribution in [-0.4, -0.2) is 53.1 Å². The molecule has 7 nitrogen and oxygen atoms in total. The fourth-order valence-electron chi connectivity index (χ4n) is 5.40. The number of nitrogens with one attached hydrogen (secondary N) is 2. The highest BCUT2D eigenvalue weighted by Crippen LogP contribution is 2.27. The number of rotatable bonds is 4. The van der Waals surface area contributed by atoms with Crippen LogP contribution in [0.2, 0.25) is 0 Å². The Morgan fingerprint density at radius 2 is 1.60 bits per heavy atom. The van der Waals surface area contributed by atoms with Crippen molar-refractivity contribution in [3.63, 3.8) is 0 Å². The second kappa shape index (κ2) is 13.1. The maximum Gasteiger partial charge on any atom is 0.242 e. The molecule has 1 aromatic rings. The van der Waals surface area contributed by atoms with Crippen molar-refractivity contribution < 1.29 is 19.5 Å². The van der Waals surface area contributed by atoms with Crippen molar-refractivity contribution >= 4 is 17.7 Å². The summed E-state index contributed by atoms with van der Waals surface area (Å²) < 4.78 is 0. The molecule has 0 spiro atoms. The Morgan fingerprint density at radius 3 is 2.29 bits per heavy atom. The average molecular weight is 486 g/mol. The number of fused-ring (bicyclic) bond motifs is 2. The summed E-state index contributed by atoms with van der Waals surface area (Å²) in [6.07, 6.45) is 7.15. The number of nitrogens with zero attached hydrogens (tertiary/aromatic N) is 1. The first kappa shape index (κ1) is 27.2. The standard InChI is InChI=1S/C28H43N3O4/c1-19(2)16-23-26(33)30-24-18-22(27(34)31(3)28(24)35)15-11-6-4-5-10-14-21(25(32)29-23)17-20-12-8-7-9-13-20/h7-9,12-13,19,21-24,28,35H,4-6,10-11,14-18H2,1-3H3,(H,29,32)(H,30,33)/t21?,22?,23-,24?,28?/m0/s1. The fourth-order valence-corrected chi connectivity index (χ4v) is 5.40. The highest BCUT2D eigenvalue weighted by molar-refractivity contribution is 5.89. The van der Waals surface area contributed by atoms with Gasteiger partial charge >= 0.3 is 0 Å². The lowest BCUT2D eigenvalue weighted by Gasteiger charge is -2.40. The molecule has 7 heteroatoms. The van der Waals surface area contributed by atoms with Crippen molar-refractivity contribution in [2.75, 3.05) is 7.05 Å². The summed E-state index contributed by atoms with van der Waals surface area (Å²) in [6, 6.07) is 8.81. The van der Waals surface area contributed by atoms with Gasteiger partial charge in [-0.1, -0.05) is 76.3 Å². The van der Waals surface area contributed by atoms with Gasteiger partial charge in [0, 0.05) is 18.9 Å². The SMILES string of the molecule is CC(C)C[C@@H]1NC(=O)C(Cc2ccccc2)CCCCCCCC2CC(NC1=O)C(O)N(C)C2=O. The van der Waals surface area contributed by atoms with E-state index in [1.54, 1.807) is 7.05 Å². The lowest BCUT2D eigenvalue weighted by atomic mass is 9.87. The second-order valence-corrected chi connectivity index (χ2v) is 10.8. The molecule has 35 heavy (non-hydrogen) atoms. The molecule has 4 unspecified atom stereocenters. The Balaban J connectivity index is 1.80. The first-order valence-corrected chi connectivity index (χ1v) is 13.4. The fraction of sp³-hybridized carbons (Fsp3) is 0.679. The van der Waals surface area contributed by atoms with Crippen LogP contribution in [-0.2, 0) is 20.8 Å². The number of carbonyl (C=O) groups is 3. The van der Waals surface area contributed by atoms with E-state index in [0.29, 0.717) is 19.3 Å². The van der Waals surface area contributed by atoms with E-state index in [9.17, 15) is 19.5 Å². The molecule has 3 N–H and O–H groups in total. The lowest BCUT2D eigenvalue weighted by molar-refractivity contribution is -0.155. The largest absolute Gasteiger partial charge is 0.371 e. The summed E-state index contributed by atoms with van der Waals surface area (Å²) >= 11 is 0. The molecule has 2 aliphatic heterocycles. The molecule has 0 aromatic heterocycles. The van der Waals surface area contributed by atoms with E-state index in [1.165, 1.54) is 4.90 Å². The topological polar surface area (TPSA) is 98.7 Å². The molecule has 2 fully saturated rings. The minimum absolute atomic E-state index is 0.0556. The molecule has 2 bridgehead atoms. The summed E-state index contributed by atoms with van der Waals surface area (Å²) in [7, 11) is 1.60. The van der Waals surface area contributed by atoms with E-state index in [0.717, 1.165) is 50.5 Å². The number of aliphatic hydroxyl groups is 1. The van der Waals surface area contributed by atoms with Crippen LogP contribution in [0.3, 0.4) is 0 Å². The van der Waals surface area contributed by atoms with Gasteiger partial charge in [0.2, 0.25) is 17.7 Å². The molecule has 1 aromatic carbocycles. The number of benzene rings is 1. The third kappa shape index (κ3) is 7.79. The van der Waals surface area contributed by atoms with Crippen LogP contribution in [0.1, 0.15) is 77.2 Å². The van der Waals surface area contributed by atoms with E-state index < -0.39 is 18.3 Å². The van der Waals surface area contributed by atoms with E-state index in [1.807, 2.05) is 44.2 Å². The third-order valence-electron chi connectivity index (χ3n) is 7.46. The molecular weight excluding hydrogens is 442 g/mol. The van der Waals surface area contributed by atoms with Gasteiger partial charge in [-0.3, -0.25) is 14.4 Å². The quantitative estimate of drug-likeness (QED) is 0.609. The first-order chi connectivity index (χ1) is 16.8. The van der Waals surface area contributed by atoms with E-state index in [-0.39, 0.29) is 35.5 Å². The molecule has 2 heterocycles. The van der Waals surface area contributed by atoms with Gasteiger partial charge in [-0.2, -0.15) is 0 Å². The predicted octanol–water partition coefficient (Wildman–Crippen LogP) is 3.40. The monoisotopic (exact) mass is 485 g/mol. The van der Waals surface area contributed by atoms with Gasteiger partial charge in [0.25, 0.3) is 0 Å². The van der Waals surface area contributed by atoms with Crippen LogP contribution in [0.5, 0.6) is 0 Å². The molecule has 3 amide bonds. The van der Waals surface area contributed by atoms with Crippen molar-refractivity contribution in [3.8, 4) is 0 Å². The average Bonchev–Trinajstić information content (AvgIpc) is 2.83. The van der Waals surface area contributed by atoms with Crippen molar-refractivity contribution in [2.45, 2.75) is 96.4 Å². The molecule has 0 radical (unpaired) electrons. The Kier molecular flexibility index (Phi) is 10.1. The minimum atomic E-state index is -1.07. The molecule has 194 valence electrons. The maximum absolute atomic E-state index is 13.4. The number of likely N-dealkylation sites (tertiary alicyclic amines) is 1. The molecule has 2 aliphatic rings. The van der Waals surface area contributed by atoms with Crippen LogP contribution in [0.25, 0.3) is 0 Å². The number of carbonyl (C=O) groups excluding carboxylic acids is 3. The van der Waals surface area contributed by atoms with Gasteiger partial charge in [-0.05, 0) is 43.6 Å². The number of hydrogen-bond acceptors (Lipinski definition) is 4. The smallest absolute Gasteiger partial charge is 0.242 e. The normalized spacial score (nSPS) is 29.6. The van der Waals surface area contributed by atoms with Gasteiger partial charge in [0.15, 0.2) is 0 Å². The van der Waals surface area contributed by atoms with Crippen molar-refractivity contribution in [1.29, 1.82) is 0 Å². The highest BCUT2D eigenvalue weighted by Gasteiger charge is 2.40. The molecule has 0 saturated carbocycles. The predicted molar refractivity (Wildman–Crippen MR) is 136 cm³/mol. The Morgan fingerprint density at radius 1 is 0.943 bits per heavy atom. The number of amides is 3. The number of aliphatic hydroxyl groups excluding tert-OH is 1. The zero-order valence-corrected chi connectivity index (χ0v) is 21.5. The highest BCUT2D eigenvalue weighted by atomic mass is 16.3. The zero-order chi connectivity index (χ0) is 25.4. The van der Waals surface area contributed by atoms with Crippen LogP contribution in [0, 0.1) is 17.8 Å². The lowest BCUT2D eigenvalue weighted by Crippen LogP contribution is -2.61. The number of hydrogen-bond donors (Lipinski definition) is 3. The summed E-state index contributed by atoms with van der Waals surface area (Å²) in [4.78, 5) is 40.8. The zero-order valence-electron chi connectivity index (χ0n) is 21.5. The molecular formula is C28H43N3O4. The van der Waals surface area contributed by atoms with Crippen LogP contribution >= 0.6 is 0 Å². The molecule has 3 rings (SSSR count). The van der Waals surface area contributed by atoms with Gasteiger partial charge < -0.3 is 20.6 Å². The van der Waals surface area contributed by atoms with Crippen LogP contribution in [0.15, 0.2) is 30.3 Å². The van der Waals surface area contributed by atoms with Gasteiger partial charge in [0.05, 0.1) is 6.04 Å². The van der Waals surface area contributed by atoms with Crippen LogP contribution in [0.4, 0.5) is 0 Å². The van der Waals surface area contributed by atoms with E-state index in [2.05, 4.69) is 10.6 Å². The van der Waals surface area contributed by atoms with Gasteiger partial charge in [-0.15, -0.1) is 0 Å². The van der Waals surface area contributed by atoms with Crippen molar-refractivity contribution in [2.24, 2.45) is 17.8 Å². The molecule has 5 atom stereocenters. The molecule has 0 aliphatic carbocycles. The van der Waals surface area contributed by atoms with Gasteiger partial charge in [-0.25, -0.2) is 0 Å². The van der Waals surface area contributed by atoms with Crippen molar-refractivity contribution in [1.82, 2.24) is 15.5 Å². The van der Waals surface area contributed by atoms with E-state index in [4.69, 9.17) is 0 Å². The summed E-state index contributed by atoms with van der Waals surface area (Å²) in [5.74, 6) is -0.618. The summed E-state index contributed by atoms with van der Waals surface area (Å²) in [5.41, 5.74) is 1.12. The van der Waals surface area contributed by atoms with Crippen LogP contribution < -0.4 is 10.6 Å².